The number of nitrogens with zero attached hydrogens (tertiary/aromatic N) is 1. The number of benzene rings is 2. The fourth-order valence-electron chi connectivity index (χ4n) is 2.66. The molecule has 1 fully saturated rings. The van der Waals surface area contributed by atoms with Gasteiger partial charge < -0.3 is 10.4 Å². The molecule has 25 heavy (non-hydrogen) atoms. The van der Waals surface area contributed by atoms with Gasteiger partial charge >= 0.3 is 0 Å². The summed E-state index contributed by atoms with van der Waals surface area (Å²) < 4.78 is 27.1. The Balaban J connectivity index is 1.74. The molecule has 6 heteroatoms. The molecule has 0 bridgehead atoms. The predicted octanol–water partition coefficient (Wildman–Crippen LogP) is 2.12. The molecule has 0 heterocycles. The molecule has 5 nitrogen and oxygen atoms in total. The minimum absolute atomic E-state index is 0.0716. The van der Waals surface area contributed by atoms with E-state index in [1.54, 1.807) is 12.1 Å². The van der Waals surface area contributed by atoms with Crippen molar-refractivity contribution in [3.63, 3.8) is 0 Å². The van der Waals surface area contributed by atoms with Gasteiger partial charge in [0, 0.05) is 25.7 Å². The highest BCUT2D eigenvalue weighted by atomic mass is 32.2. The first kappa shape index (κ1) is 18.1. The SMILES string of the molecule is O=S(=O)(c1ccc(CNC2CC2)cc1)N(CCO)Cc1ccccc1. The molecule has 1 saturated carbocycles. The quantitative estimate of drug-likeness (QED) is 0.719. The molecule has 2 aromatic carbocycles. The molecule has 0 unspecified atom stereocenters. The normalized spacial score (nSPS) is 14.8. The summed E-state index contributed by atoms with van der Waals surface area (Å²) in [7, 11) is -3.64. The Morgan fingerprint density at radius 3 is 2.28 bits per heavy atom. The van der Waals surface area contributed by atoms with Crippen LogP contribution in [0.3, 0.4) is 0 Å². The summed E-state index contributed by atoms with van der Waals surface area (Å²) in [6.45, 7) is 0.863. The lowest BCUT2D eigenvalue weighted by Gasteiger charge is -2.21. The molecule has 1 aliphatic rings. The van der Waals surface area contributed by atoms with Crippen LogP contribution in [0.2, 0.25) is 0 Å². The smallest absolute Gasteiger partial charge is 0.243 e. The van der Waals surface area contributed by atoms with Gasteiger partial charge in [0.2, 0.25) is 10.0 Å². The van der Waals surface area contributed by atoms with E-state index in [2.05, 4.69) is 5.32 Å². The standard InChI is InChI=1S/C19H24N2O3S/c22-13-12-21(15-17-4-2-1-3-5-17)25(23,24)19-10-6-16(7-11-19)14-20-18-8-9-18/h1-7,10-11,18,20,22H,8-9,12-15H2. The largest absolute Gasteiger partial charge is 0.395 e. The van der Waals surface area contributed by atoms with Gasteiger partial charge in [-0.1, -0.05) is 42.5 Å². The lowest BCUT2D eigenvalue weighted by molar-refractivity contribution is 0.251. The average molecular weight is 360 g/mol. The topological polar surface area (TPSA) is 69.6 Å². The second kappa shape index (κ2) is 8.10. The van der Waals surface area contributed by atoms with E-state index in [4.69, 9.17) is 0 Å². The summed E-state index contributed by atoms with van der Waals surface area (Å²) >= 11 is 0. The van der Waals surface area contributed by atoms with Crippen LogP contribution >= 0.6 is 0 Å². The van der Waals surface area contributed by atoms with Crippen molar-refractivity contribution in [2.75, 3.05) is 13.2 Å². The first-order chi connectivity index (χ1) is 12.1. The third-order valence-corrected chi connectivity index (χ3v) is 6.14. The fraction of sp³-hybridized carbons (Fsp3) is 0.368. The highest BCUT2D eigenvalue weighted by Crippen LogP contribution is 2.21. The van der Waals surface area contributed by atoms with Gasteiger partial charge in [-0.05, 0) is 36.1 Å². The molecule has 0 aromatic heterocycles. The maximum atomic E-state index is 12.9. The van der Waals surface area contributed by atoms with E-state index in [0.717, 1.165) is 17.7 Å². The Kier molecular flexibility index (Phi) is 5.86. The van der Waals surface area contributed by atoms with Crippen molar-refractivity contribution in [1.82, 2.24) is 9.62 Å². The van der Waals surface area contributed by atoms with Gasteiger partial charge in [0.25, 0.3) is 0 Å². The van der Waals surface area contributed by atoms with Crippen LogP contribution in [-0.2, 0) is 23.1 Å². The van der Waals surface area contributed by atoms with Gasteiger partial charge in [0.15, 0.2) is 0 Å². The summed E-state index contributed by atoms with van der Waals surface area (Å²) in [6, 6.07) is 17.0. The van der Waals surface area contributed by atoms with E-state index >= 15 is 0 Å². The molecule has 0 amide bonds. The van der Waals surface area contributed by atoms with Gasteiger partial charge in [0.1, 0.15) is 0 Å². The van der Waals surface area contributed by atoms with Crippen molar-refractivity contribution >= 4 is 10.0 Å². The Morgan fingerprint density at radius 2 is 1.68 bits per heavy atom. The van der Waals surface area contributed by atoms with E-state index in [9.17, 15) is 13.5 Å². The first-order valence-electron chi connectivity index (χ1n) is 8.57. The molecule has 134 valence electrons. The average Bonchev–Trinajstić information content (AvgIpc) is 3.45. The molecular weight excluding hydrogens is 336 g/mol. The van der Waals surface area contributed by atoms with Crippen molar-refractivity contribution in [3.05, 3.63) is 65.7 Å². The number of sulfonamides is 1. The lowest BCUT2D eigenvalue weighted by Crippen LogP contribution is -2.33. The van der Waals surface area contributed by atoms with E-state index in [1.807, 2.05) is 42.5 Å². The Hall–Kier alpha value is -1.73. The maximum absolute atomic E-state index is 12.9. The summed E-state index contributed by atoms with van der Waals surface area (Å²) in [5.74, 6) is 0. The van der Waals surface area contributed by atoms with Gasteiger partial charge in [-0.2, -0.15) is 4.31 Å². The molecule has 0 radical (unpaired) electrons. The number of hydrogen-bond acceptors (Lipinski definition) is 4. The van der Waals surface area contributed by atoms with Crippen LogP contribution in [0.15, 0.2) is 59.5 Å². The predicted molar refractivity (Wildman–Crippen MR) is 97.4 cm³/mol. The van der Waals surface area contributed by atoms with Crippen molar-refractivity contribution in [2.45, 2.75) is 36.9 Å². The monoisotopic (exact) mass is 360 g/mol. The zero-order valence-corrected chi connectivity index (χ0v) is 15.0. The number of rotatable bonds is 9. The minimum Gasteiger partial charge on any atom is -0.395 e. The van der Waals surface area contributed by atoms with Gasteiger partial charge in [0.05, 0.1) is 11.5 Å². The Morgan fingerprint density at radius 1 is 1.00 bits per heavy atom. The van der Waals surface area contributed by atoms with Crippen LogP contribution in [-0.4, -0.2) is 37.0 Å². The first-order valence-corrected chi connectivity index (χ1v) is 10.0. The minimum atomic E-state index is -3.64. The third-order valence-electron chi connectivity index (χ3n) is 4.28. The van der Waals surface area contributed by atoms with Crippen LogP contribution < -0.4 is 5.32 Å². The van der Waals surface area contributed by atoms with Crippen molar-refractivity contribution in [2.24, 2.45) is 0 Å². The van der Waals surface area contributed by atoms with Gasteiger partial charge in [-0.3, -0.25) is 0 Å². The second-order valence-electron chi connectivity index (χ2n) is 6.35. The van der Waals surface area contributed by atoms with Crippen LogP contribution in [0.1, 0.15) is 24.0 Å². The summed E-state index contributed by atoms with van der Waals surface area (Å²) in [6.07, 6.45) is 2.45. The maximum Gasteiger partial charge on any atom is 0.243 e. The van der Waals surface area contributed by atoms with Crippen LogP contribution in [0, 0.1) is 0 Å². The molecule has 2 N–H and O–H groups in total. The number of aliphatic hydroxyl groups excluding tert-OH is 1. The number of nitrogens with one attached hydrogen (secondary N) is 1. The van der Waals surface area contributed by atoms with Gasteiger partial charge in [-0.25, -0.2) is 8.42 Å². The second-order valence-corrected chi connectivity index (χ2v) is 8.28. The Labute approximate surface area is 149 Å². The van der Waals surface area contributed by atoms with Crippen molar-refractivity contribution in [3.8, 4) is 0 Å². The molecule has 2 aromatic rings. The van der Waals surface area contributed by atoms with Crippen molar-refractivity contribution in [1.29, 1.82) is 0 Å². The third kappa shape index (κ3) is 4.89. The molecular formula is C19H24N2O3S. The zero-order chi connectivity index (χ0) is 17.7. The van der Waals surface area contributed by atoms with E-state index in [-0.39, 0.29) is 24.6 Å². The fourth-order valence-corrected chi connectivity index (χ4v) is 4.08. The molecule has 0 saturated heterocycles. The molecule has 1 aliphatic carbocycles. The van der Waals surface area contributed by atoms with Crippen LogP contribution in [0.4, 0.5) is 0 Å². The van der Waals surface area contributed by atoms with Crippen LogP contribution in [0.5, 0.6) is 0 Å². The lowest BCUT2D eigenvalue weighted by atomic mass is 10.2. The number of hydrogen-bond donors (Lipinski definition) is 2. The van der Waals surface area contributed by atoms with E-state index < -0.39 is 10.0 Å². The molecule has 0 atom stereocenters. The van der Waals surface area contributed by atoms with E-state index in [0.29, 0.717) is 6.04 Å². The Bertz CT molecular complexity index is 772. The highest BCUT2D eigenvalue weighted by Gasteiger charge is 2.24. The summed E-state index contributed by atoms with van der Waals surface area (Å²) in [4.78, 5) is 0.257. The van der Waals surface area contributed by atoms with E-state index in [1.165, 1.54) is 17.1 Å². The molecule has 0 spiro atoms. The van der Waals surface area contributed by atoms with Crippen molar-refractivity contribution < 1.29 is 13.5 Å². The molecule has 0 aliphatic heterocycles. The number of aliphatic hydroxyl groups is 1. The van der Waals surface area contributed by atoms with Crippen LogP contribution in [0.25, 0.3) is 0 Å². The molecule has 3 rings (SSSR count). The summed E-state index contributed by atoms with van der Waals surface area (Å²) in [5, 5.41) is 12.7. The highest BCUT2D eigenvalue weighted by molar-refractivity contribution is 7.89. The zero-order valence-electron chi connectivity index (χ0n) is 14.1. The summed E-state index contributed by atoms with van der Waals surface area (Å²) in [5.41, 5.74) is 1.97. The van der Waals surface area contributed by atoms with Gasteiger partial charge in [-0.15, -0.1) is 0 Å².